The Balaban J connectivity index is 1.88. The van der Waals surface area contributed by atoms with E-state index in [2.05, 4.69) is 16.9 Å². The lowest BCUT2D eigenvalue weighted by atomic mass is 9.98. The highest BCUT2D eigenvalue weighted by Gasteiger charge is 2.30. The molecule has 1 aromatic rings. The standard InChI is InChI=1S/C14H23N3O/c1-3-12-10-15-13(16-11-12)17(2)9-8-14(18)6-4-5-7-14/h10-11,18H,3-9H2,1-2H3. The van der Waals surface area contributed by atoms with Crippen LogP contribution in [0.15, 0.2) is 12.4 Å². The molecule has 0 bridgehead atoms. The van der Waals surface area contributed by atoms with Crippen molar-refractivity contribution >= 4 is 5.95 Å². The van der Waals surface area contributed by atoms with E-state index in [0.29, 0.717) is 0 Å². The normalized spacial score (nSPS) is 17.9. The lowest BCUT2D eigenvalue weighted by Crippen LogP contribution is -2.31. The Morgan fingerprint density at radius 1 is 1.28 bits per heavy atom. The highest BCUT2D eigenvalue weighted by molar-refractivity contribution is 5.28. The molecule has 0 unspecified atom stereocenters. The Morgan fingerprint density at radius 3 is 2.44 bits per heavy atom. The van der Waals surface area contributed by atoms with Gasteiger partial charge in [0.15, 0.2) is 0 Å². The van der Waals surface area contributed by atoms with Crippen molar-refractivity contribution in [3.8, 4) is 0 Å². The van der Waals surface area contributed by atoms with E-state index in [1.165, 1.54) is 0 Å². The van der Waals surface area contributed by atoms with Gasteiger partial charge in [0.1, 0.15) is 0 Å². The second kappa shape index (κ2) is 5.65. The first-order chi connectivity index (χ1) is 8.63. The van der Waals surface area contributed by atoms with Crippen molar-refractivity contribution < 1.29 is 5.11 Å². The van der Waals surface area contributed by atoms with Crippen molar-refractivity contribution in [2.45, 2.75) is 51.0 Å². The molecular weight excluding hydrogens is 226 g/mol. The summed E-state index contributed by atoms with van der Waals surface area (Å²) in [5.41, 5.74) is 0.707. The third-order valence-electron chi connectivity index (χ3n) is 3.89. The van der Waals surface area contributed by atoms with E-state index in [9.17, 15) is 5.11 Å². The molecule has 0 atom stereocenters. The third kappa shape index (κ3) is 3.19. The topological polar surface area (TPSA) is 49.2 Å². The van der Waals surface area contributed by atoms with Gasteiger partial charge in [0.2, 0.25) is 5.95 Å². The number of anilines is 1. The Labute approximate surface area is 109 Å². The smallest absolute Gasteiger partial charge is 0.224 e. The molecule has 4 heteroatoms. The first-order valence-electron chi connectivity index (χ1n) is 6.87. The number of aliphatic hydroxyl groups is 1. The van der Waals surface area contributed by atoms with Gasteiger partial charge in [-0.05, 0) is 31.2 Å². The summed E-state index contributed by atoms with van der Waals surface area (Å²) >= 11 is 0. The van der Waals surface area contributed by atoms with E-state index in [0.717, 1.165) is 56.6 Å². The summed E-state index contributed by atoms with van der Waals surface area (Å²) in [6.45, 7) is 2.90. The first kappa shape index (κ1) is 13.3. The number of hydrogen-bond donors (Lipinski definition) is 1. The largest absolute Gasteiger partial charge is 0.390 e. The van der Waals surface area contributed by atoms with Crippen LogP contribution in [0.1, 0.15) is 44.6 Å². The second-order valence-corrected chi connectivity index (χ2v) is 5.35. The van der Waals surface area contributed by atoms with Gasteiger partial charge in [-0.25, -0.2) is 9.97 Å². The van der Waals surface area contributed by atoms with Gasteiger partial charge in [0.05, 0.1) is 5.60 Å². The summed E-state index contributed by atoms with van der Waals surface area (Å²) in [6.07, 6.45) is 9.72. The van der Waals surface area contributed by atoms with Crippen LogP contribution < -0.4 is 4.90 Å². The minimum atomic E-state index is -0.447. The number of nitrogens with zero attached hydrogens (tertiary/aromatic N) is 3. The average molecular weight is 249 g/mol. The van der Waals surface area contributed by atoms with Crippen LogP contribution in [0.4, 0.5) is 5.95 Å². The molecule has 0 spiro atoms. The molecular formula is C14H23N3O. The molecule has 1 N–H and O–H groups in total. The molecule has 1 heterocycles. The summed E-state index contributed by atoms with van der Waals surface area (Å²) in [6, 6.07) is 0. The third-order valence-corrected chi connectivity index (χ3v) is 3.89. The highest BCUT2D eigenvalue weighted by atomic mass is 16.3. The highest BCUT2D eigenvalue weighted by Crippen LogP contribution is 2.32. The Morgan fingerprint density at radius 2 is 1.89 bits per heavy atom. The van der Waals surface area contributed by atoms with Crippen LogP contribution in [0.5, 0.6) is 0 Å². The average Bonchev–Trinajstić information content (AvgIpc) is 2.83. The molecule has 0 aliphatic heterocycles. The number of aromatic nitrogens is 2. The first-order valence-corrected chi connectivity index (χ1v) is 6.87. The summed E-state index contributed by atoms with van der Waals surface area (Å²) < 4.78 is 0. The maximum atomic E-state index is 10.3. The molecule has 4 nitrogen and oxygen atoms in total. The molecule has 0 aromatic carbocycles. The Bertz CT molecular complexity index is 371. The molecule has 2 rings (SSSR count). The number of rotatable bonds is 5. The van der Waals surface area contributed by atoms with Gasteiger partial charge in [0, 0.05) is 26.0 Å². The predicted molar refractivity (Wildman–Crippen MR) is 72.7 cm³/mol. The summed E-state index contributed by atoms with van der Waals surface area (Å²) in [7, 11) is 1.99. The van der Waals surface area contributed by atoms with Crippen LogP contribution in [-0.2, 0) is 6.42 Å². The molecule has 1 saturated carbocycles. The maximum absolute atomic E-state index is 10.3. The van der Waals surface area contributed by atoms with Gasteiger partial charge in [0.25, 0.3) is 0 Å². The van der Waals surface area contributed by atoms with Crippen molar-refractivity contribution in [3.63, 3.8) is 0 Å². The molecule has 0 radical (unpaired) electrons. The SMILES string of the molecule is CCc1cnc(N(C)CCC2(O)CCCC2)nc1. The zero-order valence-corrected chi connectivity index (χ0v) is 11.4. The van der Waals surface area contributed by atoms with E-state index in [-0.39, 0.29) is 0 Å². The quantitative estimate of drug-likeness (QED) is 0.869. The van der Waals surface area contributed by atoms with Gasteiger partial charge in [-0.15, -0.1) is 0 Å². The van der Waals surface area contributed by atoms with Crippen LogP contribution in [0.25, 0.3) is 0 Å². The lowest BCUT2D eigenvalue weighted by Gasteiger charge is -2.25. The van der Waals surface area contributed by atoms with Crippen LogP contribution in [0.2, 0.25) is 0 Å². The lowest BCUT2D eigenvalue weighted by molar-refractivity contribution is 0.0410. The summed E-state index contributed by atoms with van der Waals surface area (Å²) in [5.74, 6) is 0.744. The Kier molecular flexibility index (Phi) is 4.17. The number of hydrogen-bond acceptors (Lipinski definition) is 4. The van der Waals surface area contributed by atoms with Crippen molar-refractivity contribution in [1.82, 2.24) is 9.97 Å². The fourth-order valence-corrected chi connectivity index (χ4v) is 2.49. The monoisotopic (exact) mass is 249 g/mol. The van der Waals surface area contributed by atoms with Crippen molar-refractivity contribution in [2.75, 3.05) is 18.5 Å². The van der Waals surface area contributed by atoms with Crippen LogP contribution in [0, 0.1) is 0 Å². The van der Waals surface area contributed by atoms with E-state index in [1.54, 1.807) is 0 Å². The van der Waals surface area contributed by atoms with Crippen LogP contribution in [0.3, 0.4) is 0 Å². The molecule has 1 aromatic heterocycles. The van der Waals surface area contributed by atoms with Crippen molar-refractivity contribution in [2.24, 2.45) is 0 Å². The molecule has 1 fully saturated rings. The fourth-order valence-electron chi connectivity index (χ4n) is 2.49. The van der Waals surface area contributed by atoms with E-state index >= 15 is 0 Å². The van der Waals surface area contributed by atoms with Gasteiger partial charge in [-0.1, -0.05) is 19.8 Å². The molecule has 1 aliphatic rings. The van der Waals surface area contributed by atoms with Crippen LogP contribution in [-0.4, -0.2) is 34.3 Å². The van der Waals surface area contributed by atoms with Crippen molar-refractivity contribution in [3.05, 3.63) is 18.0 Å². The van der Waals surface area contributed by atoms with Crippen LogP contribution >= 0.6 is 0 Å². The van der Waals surface area contributed by atoms with Gasteiger partial charge in [-0.3, -0.25) is 0 Å². The zero-order valence-electron chi connectivity index (χ0n) is 11.4. The summed E-state index contributed by atoms with van der Waals surface area (Å²) in [4.78, 5) is 10.7. The molecule has 0 amide bonds. The van der Waals surface area contributed by atoms with E-state index in [1.807, 2.05) is 24.3 Å². The van der Waals surface area contributed by atoms with E-state index < -0.39 is 5.60 Å². The number of aryl methyl sites for hydroxylation is 1. The van der Waals surface area contributed by atoms with Gasteiger partial charge >= 0.3 is 0 Å². The molecule has 18 heavy (non-hydrogen) atoms. The second-order valence-electron chi connectivity index (χ2n) is 5.35. The van der Waals surface area contributed by atoms with E-state index in [4.69, 9.17) is 0 Å². The van der Waals surface area contributed by atoms with Gasteiger partial charge in [-0.2, -0.15) is 0 Å². The van der Waals surface area contributed by atoms with Crippen molar-refractivity contribution in [1.29, 1.82) is 0 Å². The minimum Gasteiger partial charge on any atom is -0.390 e. The zero-order chi connectivity index (χ0) is 13.0. The molecule has 100 valence electrons. The Hall–Kier alpha value is -1.16. The predicted octanol–water partition coefficient (Wildman–Crippen LogP) is 2.17. The maximum Gasteiger partial charge on any atom is 0.224 e. The molecule has 1 aliphatic carbocycles. The summed E-state index contributed by atoms with van der Waals surface area (Å²) in [5, 5.41) is 10.3. The molecule has 0 saturated heterocycles. The fraction of sp³-hybridized carbons (Fsp3) is 0.714. The minimum absolute atomic E-state index is 0.447. The van der Waals surface area contributed by atoms with Gasteiger partial charge < -0.3 is 10.0 Å².